The maximum absolute atomic E-state index is 12.6. The van der Waals surface area contributed by atoms with E-state index < -0.39 is 12.1 Å². The van der Waals surface area contributed by atoms with E-state index in [0.29, 0.717) is 12.8 Å². The average molecular weight is 401 g/mol. The van der Waals surface area contributed by atoms with Crippen molar-refractivity contribution in [1.82, 2.24) is 0 Å². The van der Waals surface area contributed by atoms with Gasteiger partial charge in [0, 0.05) is 20.7 Å². The Kier molecular flexibility index (Phi) is 4.82. The molecule has 1 saturated carbocycles. The van der Waals surface area contributed by atoms with Crippen LogP contribution in [0, 0.1) is 5.92 Å². The van der Waals surface area contributed by atoms with Crippen LogP contribution in [0.5, 0.6) is 0 Å². The first-order valence-electron chi connectivity index (χ1n) is 6.14. The number of hydrogen-bond acceptors (Lipinski definition) is 1. The number of anilines is 1. The molecule has 0 heterocycles. The molecule has 6 heteroatoms. The van der Waals surface area contributed by atoms with Crippen molar-refractivity contribution in [3.05, 3.63) is 27.1 Å². The SMILES string of the molecule is FC(F)(F)C1CCC(Nc2cc(Br)ccc2Br)CC1. The molecular formula is C13H14Br2F3N. The van der Waals surface area contributed by atoms with Crippen molar-refractivity contribution in [2.45, 2.75) is 37.9 Å². The molecule has 106 valence electrons. The Hall–Kier alpha value is -0.230. The molecule has 0 spiro atoms. The van der Waals surface area contributed by atoms with Gasteiger partial charge in [-0.2, -0.15) is 13.2 Å². The summed E-state index contributed by atoms with van der Waals surface area (Å²) in [6, 6.07) is 5.87. The Bertz CT molecular complexity index is 440. The molecule has 0 unspecified atom stereocenters. The summed E-state index contributed by atoms with van der Waals surface area (Å²) < 4.78 is 39.6. The van der Waals surface area contributed by atoms with Crippen LogP contribution in [-0.2, 0) is 0 Å². The van der Waals surface area contributed by atoms with Crippen LogP contribution < -0.4 is 5.32 Å². The fourth-order valence-electron chi connectivity index (χ4n) is 2.39. The number of nitrogens with one attached hydrogen (secondary N) is 1. The van der Waals surface area contributed by atoms with E-state index in [2.05, 4.69) is 37.2 Å². The van der Waals surface area contributed by atoms with Gasteiger partial charge in [0.1, 0.15) is 0 Å². The predicted octanol–water partition coefficient (Wildman–Crippen LogP) is 5.74. The van der Waals surface area contributed by atoms with Crippen LogP contribution in [0.3, 0.4) is 0 Å². The van der Waals surface area contributed by atoms with Crippen LogP contribution in [0.25, 0.3) is 0 Å². The lowest BCUT2D eigenvalue weighted by Gasteiger charge is -2.31. The minimum absolute atomic E-state index is 0.115. The highest BCUT2D eigenvalue weighted by molar-refractivity contribution is 9.11. The van der Waals surface area contributed by atoms with Gasteiger partial charge in [0.15, 0.2) is 0 Å². The van der Waals surface area contributed by atoms with E-state index in [4.69, 9.17) is 0 Å². The molecule has 0 aliphatic heterocycles. The zero-order valence-electron chi connectivity index (χ0n) is 10.1. The van der Waals surface area contributed by atoms with Crippen LogP contribution in [0.15, 0.2) is 27.1 Å². The van der Waals surface area contributed by atoms with E-state index in [0.717, 1.165) is 14.6 Å². The molecule has 0 atom stereocenters. The second-order valence-electron chi connectivity index (χ2n) is 4.86. The first-order chi connectivity index (χ1) is 8.86. The van der Waals surface area contributed by atoms with Crippen LogP contribution in [0.2, 0.25) is 0 Å². The topological polar surface area (TPSA) is 12.0 Å². The Morgan fingerprint density at radius 1 is 1.05 bits per heavy atom. The van der Waals surface area contributed by atoms with Gasteiger partial charge in [0.2, 0.25) is 0 Å². The third kappa shape index (κ3) is 4.12. The van der Waals surface area contributed by atoms with Crippen molar-refractivity contribution in [3.8, 4) is 0 Å². The predicted molar refractivity (Wildman–Crippen MR) is 77.3 cm³/mol. The fraction of sp³-hybridized carbons (Fsp3) is 0.538. The van der Waals surface area contributed by atoms with E-state index >= 15 is 0 Å². The fourth-order valence-corrected chi connectivity index (χ4v) is 3.12. The first kappa shape index (κ1) is 15.2. The molecule has 1 N–H and O–H groups in total. The number of halogens is 5. The van der Waals surface area contributed by atoms with Crippen LogP contribution in [0.1, 0.15) is 25.7 Å². The van der Waals surface area contributed by atoms with Gasteiger partial charge < -0.3 is 5.32 Å². The van der Waals surface area contributed by atoms with E-state index in [1.807, 2.05) is 18.2 Å². The summed E-state index contributed by atoms with van der Waals surface area (Å²) in [5.74, 6) is -1.13. The van der Waals surface area contributed by atoms with Gasteiger partial charge in [0.05, 0.1) is 5.92 Å². The van der Waals surface area contributed by atoms with E-state index in [-0.39, 0.29) is 18.9 Å². The molecule has 0 saturated heterocycles. The molecule has 1 aliphatic rings. The monoisotopic (exact) mass is 399 g/mol. The van der Waals surface area contributed by atoms with Gasteiger partial charge in [-0.1, -0.05) is 15.9 Å². The molecule has 0 bridgehead atoms. The lowest BCUT2D eigenvalue weighted by molar-refractivity contribution is -0.182. The molecule has 1 aromatic carbocycles. The van der Waals surface area contributed by atoms with Crippen molar-refractivity contribution in [2.24, 2.45) is 5.92 Å². The number of alkyl halides is 3. The summed E-state index contributed by atoms with van der Waals surface area (Å²) in [5, 5.41) is 3.32. The minimum atomic E-state index is -4.04. The van der Waals surface area contributed by atoms with Gasteiger partial charge in [-0.25, -0.2) is 0 Å². The Labute approximate surface area is 127 Å². The molecule has 1 aromatic rings. The van der Waals surface area contributed by atoms with Crippen molar-refractivity contribution < 1.29 is 13.2 Å². The van der Waals surface area contributed by atoms with Gasteiger partial charge in [-0.05, 0) is 59.8 Å². The van der Waals surface area contributed by atoms with Crippen molar-refractivity contribution in [2.75, 3.05) is 5.32 Å². The zero-order valence-corrected chi connectivity index (χ0v) is 13.3. The molecule has 1 aliphatic carbocycles. The molecule has 1 nitrogen and oxygen atoms in total. The van der Waals surface area contributed by atoms with Crippen LogP contribution in [-0.4, -0.2) is 12.2 Å². The van der Waals surface area contributed by atoms with Crippen LogP contribution in [0.4, 0.5) is 18.9 Å². The van der Waals surface area contributed by atoms with Gasteiger partial charge in [0.25, 0.3) is 0 Å². The molecule has 2 rings (SSSR count). The summed E-state index contributed by atoms with van der Waals surface area (Å²) in [4.78, 5) is 0. The maximum Gasteiger partial charge on any atom is 0.391 e. The summed E-state index contributed by atoms with van der Waals surface area (Å²) >= 11 is 6.82. The highest BCUT2D eigenvalue weighted by Gasteiger charge is 2.41. The summed E-state index contributed by atoms with van der Waals surface area (Å²) in [7, 11) is 0. The maximum atomic E-state index is 12.6. The third-order valence-electron chi connectivity index (χ3n) is 3.48. The van der Waals surface area contributed by atoms with Crippen molar-refractivity contribution in [1.29, 1.82) is 0 Å². The van der Waals surface area contributed by atoms with Crippen LogP contribution >= 0.6 is 31.9 Å². The zero-order chi connectivity index (χ0) is 14.0. The summed E-state index contributed by atoms with van der Waals surface area (Å²) in [6.07, 6.45) is -2.49. The van der Waals surface area contributed by atoms with Gasteiger partial charge in [-0.15, -0.1) is 0 Å². The lowest BCUT2D eigenvalue weighted by atomic mass is 9.85. The molecule has 0 amide bonds. The summed E-state index contributed by atoms with van der Waals surface area (Å²) in [6.45, 7) is 0. The Balaban J connectivity index is 1.94. The minimum Gasteiger partial charge on any atom is -0.381 e. The van der Waals surface area contributed by atoms with Gasteiger partial charge >= 0.3 is 6.18 Å². The molecule has 19 heavy (non-hydrogen) atoms. The standard InChI is InChI=1S/C13H14Br2F3N/c14-9-3-6-11(15)12(7-9)19-10-4-1-8(2-5-10)13(16,17)18/h3,6-8,10,19H,1-2,4-5H2. The van der Waals surface area contributed by atoms with E-state index in [9.17, 15) is 13.2 Å². The van der Waals surface area contributed by atoms with Crippen molar-refractivity contribution >= 4 is 37.5 Å². The molecular weight excluding hydrogens is 387 g/mol. The normalized spacial score (nSPS) is 24.3. The summed E-state index contributed by atoms with van der Waals surface area (Å²) in [5.41, 5.74) is 0.921. The second-order valence-corrected chi connectivity index (χ2v) is 6.63. The molecule has 0 aromatic heterocycles. The van der Waals surface area contributed by atoms with E-state index in [1.165, 1.54) is 0 Å². The lowest BCUT2D eigenvalue weighted by Crippen LogP contribution is -2.32. The Morgan fingerprint density at radius 2 is 1.68 bits per heavy atom. The smallest absolute Gasteiger partial charge is 0.381 e. The van der Waals surface area contributed by atoms with E-state index in [1.54, 1.807) is 0 Å². The largest absolute Gasteiger partial charge is 0.391 e. The first-order valence-corrected chi connectivity index (χ1v) is 7.73. The molecule has 0 radical (unpaired) electrons. The Morgan fingerprint density at radius 3 is 2.26 bits per heavy atom. The average Bonchev–Trinajstić information content (AvgIpc) is 2.33. The third-order valence-corrected chi connectivity index (χ3v) is 4.66. The number of benzene rings is 1. The highest BCUT2D eigenvalue weighted by Crippen LogP contribution is 2.38. The van der Waals surface area contributed by atoms with Crippen molar-refractivity contribution in [3.63, 3.8) is 0 Å². The second kappa shape index (κ2) is 6.04. The molecule has 1 fully saturated rings. The highest BCUT2D eigenvalue weighted by atomic mass is 79.9. The number of hydrogen-bond donors (Lipinski definition) is 1. The number of rotatable bonds is 2. The van der Waals surface area contributed by atoms with Gasteiger partial charge in [-0.3, -0.25) is 0 Å². The quantitative estimate of drug-likeness (QED) is 0.666.